The maximum Gasteiger partial charge on any atom is 0.231 e. The Labute approximate surface area is 242 Å². The molecule has 1 saturated carbocycles. The van der Waals surface area contributed by atoms with E-state index < -0.39 is 28.6 Å². The van der Waals surface area contributed by atoms with E-state index >= 15 is 0 Å². The molecule has 2 aromatic carbocycles. The third-order valence-electron chi connectivity index (χ3n) is 7.92. The van der Waals surface area contributed by atoms with Crippen molar-refractivity contribution in [2.45, 2.75) is 37.7 Å². The SMILES string of the molecule is COc1cc(C([O-])=NC[C@](O)(c2cc3c(c(-c4ccc(F)cc4)n2)OC[C@]3(C)C(N)=O)C2CC2)cc(/C=C(/C)N)c1N. The molecule has 1 fully saturated rings. The zero-order valence-corrected chi connectivity index (χ0v) is 23.6. The maximum absolute atomic E-state index is 13.7. The van der Waals surface area contributed by atoms with Gasteiger partial charge in [-0.2, -0.15) is 0 Å². The van der Waals surface area contributed by atoms with Crippen LogP contribution in [0.1, 0.15) is 49.1 Å². The Bertz CT molecular complexity index is 1610. The second-order valence-electron chi connectivity index (χ2n) is 11.1. The van der Waals surface area contributed by atoms with Gasteiger partial charge in [0.1, 0.15) is 40.6 Å². The molecule has 1 aromatic heterocycles. The van der Waals surface area contributed by atoms with Crippen molar-refractivity contribution in [3.8, 4) is 22.8 Å². The van der Waals surface area contributed by atoms with Crippen molar-refractivity contribution in [2.75, 3.05) is 26.0 Å². The van der Waals surface area contributed by atoms with Crippen LogP contribution in [-0.2, 0) is 15.8 Å². The van der Waals surface area contributed by atoms with Gasteiger partial charge in [0.2, 0.25) is 5.91 Å². The van der Waals surface area contributed by atoms with E-state index in [0.717, 1.165) is 0 Å². The van der Waals surface area contributed by atoms with E-state index in [2.05, 4.69) is 4.99 Å². The van der Waals surface area contributed by atoms with Crippen molar-refractivity contribution in [1.82, 2.24) is 4.98 Å². The van der Waals surface area contributed by atoms with Crippen LogP contribution in [0.15, 0.2) is 53.2 Å². The van der Waals surface area contributed by atoms with E-state index in [4.69, 9.17) is 31.7 Å². The lowest BCUT2D eigenvalue weighted by atomic mass is 9.81. The summed E-state index contributed by atoms with van der Waals surface area (Å²) in [6.07, 6.45) is 3.00. The third-order valence-corrected chi connectivity index (χ3v) is 7.92. The number of ether oxygens (including phenoxy) is 2. The summed E-state index contributed by atoms with van der Waals surface area (Å²) in [5, 5.41) is 25.4. The molecule has 0 radical (unpaired) electrons. The fourth-order valence-electron chi connectivity index (χ4n) is 5.18. The molecule has 1 amide bonds. The summed E-state index contributed by atoms with van der Waals surface area (Å²) in [4.78, 5) is 21.6. The number of aromatic nitrogens is 1. The molecule has 1 aliphatic heterocycles. The first-order chi connectivity index (χ1) is 19.9. The number of hydrogen-bond donors (Lipinski definition) is 4. The highest BCUT2D eigenvalue weighted by atomic mass is 19.1. The van der Waals surface area contributed by atoms with Crippen LogP contribution in [0.5, 0.6) is 11.5 Å². The third kappa shape index (κ3) is 5.11. The quantitative estimate of drug-likeness (QED) is 0.171. The van der Waals surface area contributed by atoms with Crippen molar-refractivity contribution in [1.29, 1.82) is 0 Å². The summed E-state index contributed by atoms with van der Waals surface area (Å²) < 4.78 is 25.0. The molecule has 2 atom stereocenters. The monoisotopic (exact) mass is 574 g/mol. The Kier molecular flexibility index (Phi) is 7.32. The van der Waals surface area contributed by atoms with Crippen LogP contribution in [0.25, 0.3) is 17.3 Å². The number of rotatable bonds is 9. The molecule has 10 nitrogen and oxygen atoms in total. The summed E-state index contributed by atoms with van der Waals surface area (Å²) in [5.74, 6) is -1.24. The minimum atomic E-state index is -1.64. The number of aliphatic hydroxyl groups is 1. The summed E-state index contributed by atoms with van der Waals surface area (Å²) in [5.41, 5.74) is 18.0. The number of allylic oxidation sites excluding steroid dienone is 1. The predicted octanol–water partition coefficient (Wildman–Crippen LogP) is 2.34. The van der Waals surface area contributed by atoms with Crippen LogP contribution >= 0.6 is 0 Å². The second kappa shape index (κ2) is 10.6. The molecule has 2 heterocycles. The standard InChI is InChI=1S/C31H34FN5O5/c1-16(33)10-18-11-19(12-23(41-3)25(18)34)28(38)36-14-31(40,20-6-7-20)24-13-22-27(42-15-30(22,2)29(35)39)26(37-24)17-4-8-21(32)9-5-17/h4-5,8-13,20,40H,6-7,14-15,33-34H2,1-3H3,(H2,35,39)(H,36,38)/p-1/b16-10-/t30-,31+/m0/s1. The van der Waals surface area contributed by atoms with E-state index in [1.165, 1.54) is 25.3 Å². The molecule has 1 aliphatic carbocycles. The van der Waals surface area contributed by atoms with Crippen LogP contribution in [0.3, 0.4) is 0 Å². The molecular formula is C31H33FN5O5-. The zero-order valence-electron chi connectivity index (χ0n) is 23.6. The smallest absolute Gasteiger partial charge is 0.231 e. The molecule has 0 spiro atoms. The molecule has 7 N–H and O–H groups in total. The van der Waals surface area contributed by atoms with Crippen LogP contribution in [0, 0.1) is 11.7 Å². The Morgan fingerprint density at radius 3 is 2.57 bits per heavy atom. The van der Waals surface area contributed by atoms with E-state index in [-0.39, 0.29) is 36.1 Å². The second-order valence-corrected chi connectivity index (χ2v) is 11.1. The van der Waals surface area contributed by atoms with Gasteiger partial charge in [-0.3, -0.25) is 9.79 Å². The maximum atomic E-state index is 13.7. The zero-order chi connectivity index (χ0) is 30.4. The molecule has 0 bridgehead atoms. The molecule has 42 heavy (non-hydrogen) atoms. The lowest BCUT2D eigenvalue weighted by molar-refractivity contribution is -0.213. The van der Waals surface area contributed by atoms with Crippen molar-refractivity contribution in [3.63, 3.8) is 0 Å². The normalized spacial score (nSPS) is 20.0. The van der Waals surface area contributed by atoms with E-state index in [1.807, 2.05) is 0 Å². The number of aliphatic imine (C=N–C) groups is 1. The van der Waals surface area contributed by atoms with Crippen molar-refractivity contribution < 1.29 is 28.9 Å². The van der Waals surface area contributed by atoms with Gasteiger partial charge in [0.25, 0.3) is 0 Å². The summed E-state index contributed by atoms with van der Waals surface area (Å²) in [7, 11) is 1.44. The number of halogens is 1. The fourth-order valence-corrected chi connectivity index (χ4v) is 5.18. The highest BCUT2D eigenvalue weighted by Crippen LogP contribution is 2.50. The van der Waals surface area contributed by atoms with Crippen LogP contribution in [-0.4, -0.2) is 42.2 Å². The number of methoxy groups -OCH3 is 1. The Morgan fingerprint density at radius 2 is 1.98 bits per heavy atom. The summed E-state index contributed by atoms with van der Waals surface area (Å²) in [6.45, 7) is 3.04. The molecule has 0 saturated heterocycles. The number of primary amides is 1. The molecule has 0 unspecified atom stereocenters. The summed E-state index contributed by atoms with van der Waals surface area (Å²) >= 11 is 0. The number of anilines is 1. The highest BCUT2D eigenvalue weighted by Gasteiger charge is 2.49. The number of hydrogen-bond acceptors (Lipinski definition) is 9. The van der Waals surface area contributed by atoms with Gasteiger partial charge in [0.05, 0.1) is 25.0 Å². The number of pyridine rings is 1. The van der Waals surface area contributed by atoms with Crippen LogP contribution < -0.4 is 31.8 Å². The topological polar surface area (TPSA) is 182 Å². The van der Waals surface area contributed by atoms with Gasteiger partial charge in [-0.05, 0) is 92.6 Å². The molecule has 3 aromatic rings. The average Bonchev–Trinajstić information content (AvgIpc) is 3.76. The van der Waals surface area contributed by atoms with Crippen molar-refractivity contribution in [2.24, 2.45) is 22.4 Å². The lowest BCUT2D eigenvalue weighted by Crippen LogP contribution is -2.40. The number of nitrogens with zero attached hydrogens (tertiary/aromatic N) is 2. The van der Waals surface area contributed by atoms with Gasteiger partial charge >= 0.3 is 0 Å². The molecule has 5 rings (SSSR count). The molecule has 11 heteroatoms. The first kappa shape index (κ1) is 28.9. The Morgan fingerprint density at radius 1 is 1.29 bits per heavy atom. The Balaban J connectivity index is 1.61. The van der Waals surface area contributed by atoms with Gasteiger partial charge < -0.3 is 36.9 Å². The van der Waals surface area contributed by atoms with Crippen molar-refractivity contribution >= 4 is 23.6 Å². The average molecular weight is 575 g/mol. The first-order valence-electron chi connectivity index (χ1n) is 13.5. The van der Waals surface area contributed by atoms with Gasteiger partial charge in [-0.1, -0.05) is 0 Å². The van der Waals surface area contributed by atoms with Crippen LogP contribution in [0.2, 0.25) is 0 Å². The van der Waals surface area contributed by atoms with Gasteiger partial charge in [0.15, 0.2) is 0 Å². The van der Waals surface area contributed by atoms with Gasteiger partial charge in [0, 0.05) is 22.4 Å². The van der Waals surface area contributed by atoms with Crippen LogP contribution in [0.4, 0.5) is 10.1 Å². The number of amides is 1. The molecule has 2 aliphatic rings. The highest BCUT2D eigenvalue weighted by molar-refractivity contribution is 5.94. The molecular weight excluding hydrogens is 541 g/mol. The lowest BCUT2D eigenvalue weighted by Gasteiger charge is -2.29. The van der Waals surface area contributed by atoms with Gasteiger partial charge in [-0.15, -0.1) is 0 Å². The minimum absolute atomic E-state index is 0.0141. The van der Waals surface area contributed by atoms with E-state index in [9.17, 15) is 19.4 Å². The largest absolute Gasteiger partial charge is 0.858 e. The van der Waals surface area contributed by atoms with Gasteiger partial charge in [-0.25, -0.2) is 9.37 Å². The number of nitrogens with two attached hydrogens (primary N) is 3. The first-order valence-corrected chi connectivity index (χ1v) is 13.5. The fraction of sp³-hybridized carbons (Fsp3) is 0.323. The Hall–Kier alpha value is -4.64. The van der Waals surface area contributed by atoms with E-state index in [1.54, 1.807) is 44.2 Å². The van der Waals surface area contributed by atoms with E-state index in [0.29, 0.717) is 52.4 Å². The van der Waals surface area contributed by atoms with Crippen molar-refractivity contribution in [3.05, 3.63) is 76.4 Å². The summed E-state index contributed by atoms with van der Waals surface area (Å²) in [6, 6.07) is 10.3. The minimum Gasteiger partial charge on any atom is -0.858 e. The molecule has 220 valence electrons. The number of nitrogen functional groups attached to an aromatic ring is 1. The number of benzene rings is 2. The number of fused-ring (bicyclic) bond motifs is 1. The number of carbonyl (C=O) groups excluding carboxylic acids is 1. The predicted molar refractivity (Wildman–Crippen MR) is 155 cm³/mol. The number of carbonyl (C=O) groups is 1.